The largest absolute Gasteiger partial charge is 0.478 e. The molecule has 0 radical (unpaired) electrons. The van der Waals surface area contributed by atoms with Crippen LogP contribution in [0.15, 0.2) is 18.2 Å². The summed E-state index contributed by atoms with van der Waals surface area (Å²) in [6.07, 6.45) is 0.953. The van der Waals surface area contributed by atoms with Gasteiger partial charge in [0.15, 0.2) is 6.10 Å². The first-order valence-electron chi connectivity index (χ1n) is 4.83. The maximum atomic E-state index is 11.3. The Balaban J connectivity index is 0.00000128. The number of benzene rings is 1. The molecular formula is C11H14ClNO3. The highest BCUT2D eigenvalue weighted by atomic mass is 35.5. The van der Waals surface area contributed by atoms with E-state index in [-0.39, 0.29) is 18.4 Å². The number of halogens is 1. The molecule has 5 heteroatoms. The van der Waals surface area contributed by atoms with Crippen molar-refractivity contribution in [1.82, 2.24) is 0 Å². The summed E-state index contributed by atoms with van der Waals surface area (Å²) in [7, 11) is 1.37. The number of anilines is 1. The molecule has 0 saturated carbocycles. The molecule has 0 amide bonds. The average molecular weight is 244 g/mol. The predicted octanol–water partition coefficient (Wildman–Crippen LogP) is 1.56. The first-order valence-corrected chi connectivity index (χ1v) is 4.83. The predicted molar refractivity (Wildman–Crippen MR) is 62.9 cm³/mol. The van der Waals surface area contributed by atoms with Gasteiger partial charge in [-0.2, -0.15) is 0 Å². The highest BCUT2D eigenvalue weighted by Crippen LogP contribution is 2.29. The van der Waals surface area contributed by atoms with Crippen molar-refractivity contribution in [3.8, 4) is 5.75 Å². The van der Waals surface area contributed by atoms with Gasteiger partial charge in [0.05, 0.1) is 7.11 Å². The number of ether oxygens (including phenoxy) is 2. The van der Waals surface area contributed by atoms with Crippen LogP contribution in [0.4, 0.5) is 5.69 Å². The van der Waals surface area contributed by atoms with Gasteiger partial charge >= 0.3 is 5.97 Å². The van der Waals surface area contributed by atoms with E-state index in [2.05, 4.69) is 4.74 Å². The van der Waals surface area contributed by atoms with Crippen LogP contribution in [0.3, 0.4) is 0 Å². The molecule has 0 spiro atoms. The maximum Gasteiger partial charge on any atom is 0.347 e. The normalized spacial score (nSPS) is 17.7. The molecular weight excluding hydrogens is 230 g/mol. The van der Waals surface area contributed by atoms with Gasteiger partial charge < -0.3 is 15.2 Å². The lowest BCUT2D eigenvalue weighted by atomic mass is 10.0. The topological polar surface area (TPSA) is 61.5 Å². The van der Waals surface area contributed by atoms with Gasteiger partial charge in [-0.25, -0.2) is 4.79 Å². The Kier molecular flexibility index (Phi) is 4.01. The Hall–Kier alpha value is -1.42. The van der Waals surface area contributed by atoms with Crippen LogP contribution in [0, 0.1) is 0 Å². The Bertz CT molecular complexity index is 395. The van der Waals surface area contributed by atoms with Crippen molar-refractivity contribution in [2.24, 2.45) is 0 Å². The summed E-state index contributed by atoms with van der Waals surface area (Å²) in [6, 6.07) is 5.43. The molecule has 0 aromatic heterocycles. The fourth-order valence-corrected chi connectivity index (χ4v) is 1.71. The molecule has 1 aliphatic rings. The Labute approximate surface area is 100 Å². The Morgan fingerprint density at radius 2 is 2.31 bits per heavy atom. The number of nitrogens with two attached hydrogens (primary N) is 1. The van der Waals surface area contributed by atoms with Crippen LogP contribution in [-0.4, -0.2) is 19.2 Å². The quantitative estimate of drug-likeness (QED) is 0.601. The van der Waals surface area contributed by atoms with Gasteiger partial charge in [-0.05, 0) is 36.6 Å². The number of hydrogen-bond donors (Lipinski definition) is 1. The highest BCUT2D eigenvalue weighted by Gasteiger charge is 2.26. The van der Waals surface area contributed by atoms with Gasteiger partial charge in [-0.1, -0.05) is 0 Å². The van der Waals surface area contributed by atoms with E-state index in [0.29, 0.717) is 12.1 Å². The number of nitrogen functional groups attached to an aromatic ring is 1. The minimum Gasteiger partial charge on any atom is -0.478 e. The maximum absolute atomic E-state index is 11.3. The zero-order valence-electron chi connectivity index (χ0n) is 8.93. The standard InChI is InChI=1S/C11H13NO3.ClH/c1-14-11(13)10-4-2-7-6-8(12)3-5-9(7)15-10;/h3,5-6,10H,2,4,12H2,1H3;1H. The molecule has 1 aromatic carbocycles. The summed E-state index contributed by atoms with van der Waals surface area (Å²) in [6.45, 7) is 0. The molecule has 1 atom stereocenters. The van der Waals surface area contributed by atoms with Crippen LogP contribution < -0.4 is 10.5 Å². The summed E-state index contributed by atoms with van der Waals surface area (Å²) in [5.74, 6) is 0.406. The Morgan fingerprint density at radius 1 is 1.56 bits per heavy atom. The number of carbonyl (C=O) groups is 1. The summed E-state index contributed by atoms with van der Waals surface area (Å²) in [5, 5.41) is 0. The zero-order valence-corrected chi connectivity index (χ0v) is 9.75. The lowest BCUT2D eigenvalue weighted by Gasteiger charge is -2.24. The summed E-state index contributed by atoms with van der Waals surface area (Å²) in [5.41, 5.74) is 7.42. The second kappa shape index (κ2) is 5.07. The van der Waals surface area contributed by atoms with Gasteiger partial charge in [0.25, 0.3) is 0 Å². The Morgan fingerprint density at radius 3 is 3.00 bits per heavy atom. The second-order valence-corrected chi connectivity index (χ2v) is 3.54. The van der Waals surface area contributed by atoms with E-state index >= 15 is 0 Å². The second-order valence-electron chi connectivity index (χ2n) is 3.54. The van der Waals surface area contributed by atoms with Gasteiger partial charge in [-0.3, -0.25) is 0 Å². The van der Waals surface area contributed by atoms with Gasteiger partial charge in [0.2, 0.25) is 0 Å². The van der Waals surface area contributed by atoms with E-state index in [4.69, 9.17) is 10.5 Å². The summed E-state index contributed by atoms with van der Waals surface area (Å²) < 4.78 is 10.1. The van der Waals surface area contributed by atoms with Crippen molar-refractivity contribution in [2.75, 3.05) is 12.8 Å². The van der Waals surface area contributed by atoms with Gasteiger partial charge in [0.1, 0.15) is 5.75 Å². The number of aryl methyl sites for hydroxylation is 1. The van der Waals surface area contributed by atoms with Crippen LogP contribution >= 0.6 is 12.4 Å². The van der Waals surface area contributed by atoms with Crippen molar-refractivity contribution in [3.05, 3.63) is 23.8 Å². The molecule has 16 heavy (non-hydrogen) atoms. The molecule has 4 nitrogen and oxygen atoms in total. The molecule has 1 unspecified atom stereocenters. The van der Waals surface area contributed by atoms with Gasteiger partial charge in [0, 0.05) is 5.69 Å². The summed E-state index contributed by atoms with van der Waals surface area (Å²) in [4.78, 5) is 11.3. The van der Waals surface area contributed by atoms with Crippen molar-refractivity contribution < 1.29 is 14.3 Å². The molecule has 1 aliphatic heterocycles. The minimum absolute atomic E-state index is 0. The lowest BCUT2D eigenvalue weighted by molar-refractivity contribution is -0.149. The lowest BCUT2D eigenvalue weighted by Crippen LogP contribution is -2.32. The van der Waals surface area contributed by atoms with Crippen LogP contribution in [0.1, 0.15) is 12.0 Å². The fraction of sp³-hybridized carbons (Fsp3) is 0.364. The molecule has 88 valence electrons. The van der Waals surface area contributed by atoms with E-state index < -0.39 is 6.10 Å². The molecule has 2 N–H and O–H groups in total. The molecule has 0 aliphatic carbocycles. The zero-order chi connectivity index (χ0) is 10.8. The van der Waals surface area contributed by atoms with Gasteiger partial charge in [-0.15, -0.1) is 12.4 Å². The van der Waals surface area contributed by atoms with Crippen molar-refractivity contribution in [1.29, 1.82) is 0 Å². The highest BCUT2D eigenvalue weighted by molar-refractivity contribution is 5.85. The fourth-order valence-electron chi connectivity index (χ4n) is 1.71. The van der Waals surface area contributed by atoms with E-state index in [1.165, 1.54) is 7.11 Å². The van der Waals surface area contributed by atoms with Crippen LogP contribution in [0.25, 0.3) is 0 Å². The number of hydrogen-bond acceptors (Lipinski definition) is 4. The van der Waals surface area contributed by atoms with E-state index in [1.54, 1.807) is 12.1 Å². The first-order chi connectivity index (χ1) is 7.20. The van der Waals surface area contributed by atoms with E-state index in [1.807, 2.05) is 6.07 Å². The third kappa shape index (κ3) is 2.39. The third-order valence-corrected chi connectivity index (χ3v) is 2.49. The molecule has 1 aromatic rings. The summed E-state index contributed by atoms with van der Waals surface area (Å²) >= 11 is 0. The number of esters is 1. The smallest absolute Gasteiger partial charge is 0.347 e. The minimum atomic E-state index is -0.480. The van der Waals surface area contributed by atoms with Crippen molar-refractivity contribution in [3.63, 3.8) is 0 Å². The monoisotopic (exact) mass is 243 g/mol. The molecule has 0 fully saturated rings. The number of carbonyl (C=O) groups excluding carboxylic acids is 1. The van der Waals surface area contributed by atoms with Crippen LogP contribution in [0.5, 0.6) is 5.75 Å². The molecule has 0 saturated heterocycles. The SMILES string of the molecule is COC(=O)C1CCc2cc(N)ccc2O1.Cl. The molecule has 1 heterocycles. The van der Waals surface area contributed by atoms with Crippen LogP contribution in [0.2, 0.25) is 0 Å². The third-order valence-electron chi connectivity index (χ3n) is 2.49. The number of methoxy groups -OCH3 is 1. The van der Waals surface area contributed by atoms with E-state index in [0.717, 1.165) is 17.7 Å². The molecule has 0 bridgehead atoms. The average Bonchev–Trinajstić information content (AvgIpc) is 2.27. The van der Waals surface area contributed by atoms with E-state index in [9.17, 15) is 4.79 Å². The van der Waals surface area contributed by atoms with Crippen molar-refractivity contribution in [2.45, 2.75) is 18.9 Å². The molecule has 2 rings (SSSR count). The van der Waals surface area contributed by atoms with Crippen LogP contribution in [-0.2, 0) is 16.0 Å². The number of rotatable bonds is 1. The first kappa shape index (κ1) is 12.6. The number of fused-ring (bicyclic) bond motifs is 1. The van der Waals surface area contributed by atoms with Crippen molar-refractivity contribution >= 4 is 24.1 Å².